The Morgan fingerprint density at radius 2 is 2.11 bits per heavy atom. The maximum absolute atomic E-state index is 12.1. The van der Waals surface area contributed by atoms with Crippen LogP contribution in [-0.2, 0) is 10.2 Å². The second kappa shape index (κ2) is 6.87. The first kappa shape index (κ1) is 16.7. The van der Waals surface area contributed by atoms with E-state index in [0.717, 1.165) is 23.7 Å². The molecule has 9 heteroatoms. The Hall–Kier alpha value is -0.380. The zero-order valence-corrected chi connectivity index (χ0v) is 11.6. The lowest BCUT2D eigenvalue weighted by molar-refractivity contribution is -0.121. The van der Waals surface area contributed by atoms with Gasteiger partial charge in [0.15, 0.2) is 0 Å². The number of rotatable bonds is 7. The van der Waals surface area contributed by atoms with Gasteiger partial charge in [-0.15, -0.1) is 0 Å². The highest BCUT2D eigenvalue weighted by molar-refractivity contribution is 7.87. The van der Waals surface area contributed by atoms with Crippen LogP contribution in [0.5, 0.6) is 0 Å². The van der Waals surface area contributed by atoms with Gasteiger partial charge in [-0.25, -0.2) is 0 Å². The number of hydrogen-bond donors (Lipinski definition) is 2. The first-order valence-corrected chi connectivity index (χ1v) is 7.73. The number of hydrogen-bond acceptors (Lipinski definition) is 3. The van der Waals surface area contributed by atoms with Crippen LogP contribution in [0.3, 0.4) is 0 Å². The van der Waals surface area contributed by atoms with Crippen molar-refractivity contribution < 1.29 is 21.6 Å². The molecule has 1 saturated heterocycles. The van der Waals surface area contributed by atoms with E-state index in [2.05, 4.69) is 5.32 Å². The molecule has 0 aromatic rings. The Morgan fingerprint density at radius 1 is 1.42 bits per heavy atom. The fourth-order valence-electron chi connectivity index (χ4n) is 1.98. The van der Waals surface area contributed by atoms with Crippen LogP contribution in [0.2, 0.25) is 0 Å². The van der Waals surface area contributed by atoms with E-state index >= 15 is 0 Å². The van der Waals surface area contributed by atoms with E-state index in [1.165, 1.54) is 0 Å². The van der Waals surface area contributed by atoms with Crippen LogP contribution in [-0.4, -0.2) is 51.1 Å². The van der Waals surface area contributed by atoms with Crippen LogP contribution in [0.15, 0.2) is 0 Å². The zero-order valence-electron chi connectivity index (χ0n) is 10.8. The molecule has 0 radical (unpaired) electrons. The summed E-state index contributed by atoms with van der Waals surface area (Å²) in [6.45, 7) is 1.50. The number of nitrogens with one attached hydrogen (secondary N) is 2. The highest BCUT2D eigenvalue weighted by Crippen LogP contribution is 2.14. The summed E-state index contributed by atoms with van der Waals surface area (Å²) in [6, 6.07) is 0.0222. The summed E-state index contributed by atoms with van der Waals surface area (Å²) in [5.74, 6) is 0. The van der Waals surface area contributed by atoms with Gasteiger partial charge in [-0.2, -0.15) is 30.6 Å². The van der Waals surface area contributed by atoms with Crippen molar-refractivity contribution in [3.05, 3.63) is 0 Å². The summed E-state index contributed by atoms with van der Waals surface area (Å²) < 4.78 is 62.6. The van der Waals surface area contributed by atoms with Crippen molar-refractivity contribution in [2.24, 2.45) is 0 Å². The zero-order chi connectivity index (χ0) is 14.5. The molecule has 1 atom stereocenters. The third-order valence-corrected chi connectivity index (χ3v) is 4.37. The van der Waals surface area contributed by atoms with Crippen molar-refractivity contribution in [1.29, 1.82) is 0 Å². The summed E-state index contributed by atoms with van der Waals surface area (Å²) in [5.41, 5.74) is 0. The monoisotopic (exact) mass is 303 g/mol. The molecule has 1 heterocycles. The highest BCUT2D eigenvalue weighted by atomic mass is 32.2. The van der Waals surface area contributed by atoms with Crippen molar-refractivity contribution in [3.8, 4) is 0 Å². The molecule has 114 valence electrons. The lowest BCUT2D eigenvalue weighted by Gasteiger charge is -2.25. The fraction of sp³-hybridized carbons (Fsp3) is 1.00. The topological polar surface area (TPSA) is 61.4 Å². The fourth-order valence-corrected chi connectivity index (χ4v) is 3.31. The average molecular weight is 303 g/mol. The van der Waals surface area contributed by atoms with Crippen LogP contribution in [0.4, 0.5) is 13.2 Å². The molecule has 2 N–H and O–H groups in total. The molecule has 0 spiro atoms. The second-order valence-electron chi connectivity index (χ2n) is 4.59. The van der Waals surface area contributed by atoms with Gasteiger partial charge < -0.3 is 5.32 Å². The molecule has 1 unspecified atom stereocenters. The van der Waals surface area contributed by atoms with E-state index in [1.807, 2.05) is 0 Å². The smallest absolute Gasteiger partial charge is 0.313 e. The number of halogens is 3. The Kier molecular flexibility index (Phi) is 6.03. The third-order valence-electron chi connectivity index (χ3n) is 2.85. The molecule has 0 bridgehead atoms. The normalized spacial score (nSPS) is 21.2. The minimum Gasteiger partial charge on any atom is -0.313 e. The molecule has 1 rings (SSSR count). The maximum Gasteiger partial charge on any atom is 0.402 e. The van der Waals surface area contributed by atoms with Crippen molar-refractivity contribution in [3.63, 3.8) is 0 Å². The van der Waals surface area contributed by atoms with Crippen molar-refractivity contribution in [1.82, 2.24) is 14.3 Å². The van der Waals surface area contributed by atoms with E-state index in [9.17, 15) is 21.6 Å². The van der Waals surface area contributed by atoms with Gasteiger partial charge in [0.05, 0.1) is 0 Å². The molecule has 19 heavy (non-hydrogen) atoms. The molecule has 0 amide bonds. The van der Waals surface area contributed by atoms with Crippen LogP contribution in [0, 0.1) is 0 Å². The van der Waals surface area contributed by atoms with Crippen molar-refractivity contribution in [2.75, 3.05) is 26.2 Å². The summed E-state index contributed by atoms with van der Waals surface area (Å²) >= 11 is 0. The van der Waals surface area contributed by atoms with E-state index in [0.29, 0.717) is 6.42 Å². The van der Waals surface area contributed by atoms with Gasteiger partial charge in [0.1, 0.15) is 6.54 Å². The van der Waals surface area contributed by atoms with E-state index in [4.69, 9.17) is 0 Å². The SMILES string of the molecule is CCCN(CC1CCCN1)S(=O)(=O)NCC(F)(F)F. The Labute approximate surface area is 111 Å². The average Bonchev–Trinajstić information content (AvgIpc) is 2.78. The van der Waals surface area contributed by atoms with Crippen LogP contribution in [0.1, 0.15) is 26.2 Å². The Bertz CT molecular complexity index is 367. The first-order valence-electron chi connectivity index (χ1n) is 6.29. The highest BCUT2D eigenvalue weighted by Gasteiger charge is 2.32. The molecule has 1 fully saturated rings. The van der Waals surface area contributed by atoms with Gasteiger partial charge in [-0.3, -0.25) is 0 Å². The van der Waals surface area contributed by atoms with Gasteiger partial charge in [0.25, 0.3) is 10.2 Å². The second-order valence-corrected chi connectivity index (χ2v) is 6.35. The predicted molar refractivity (Wildman–Crippen MR) is 65.9 cm³/mol. The van der Waals surface area contributed by atoms with E-state index in [-0.39, 0.29) is 19.1 Å². The van der Waals surface area contributed by atoms with Crippen LogP contribution < -0.4 is 10.0 Å². The van der Waals surface area contributed by atoms with E-state index < -0.39 is 22.9 Å². The molecule has 1 aliphatic rings. The van der Waals surface area contributed by atoms with Crippen molar-refractivity contribution in [2.45, 2.75) is 38.4 Å². The molecule has 5 nitrogen and oxygen atoms in total. The predicted octanol–water partition coefficient (Wildman–Crippen LogP) is 0.847. The summed E-state index contributed by atoms with van der Waals surface area (Å²) in [7, 11) is -4.08. The van der Waals surface area contributed by atoms with Crippen molar-refractivity contribution >= 4 is 10.2 Å². The molecular formula is C10H20F3N3O2S. The molecular weight excluding hydrogens is 283 g/mol. The lowest BCUT2D eigenvalue weighted by Crippen LogP contribution is -2.48. The summed E-state index contributed by atoms with van der Waals surface area (Å²) in [5, 5.41) is 3.13. The maximum atomic E-state index is 12.1. The molecule has 0 aliphatic carbocycles. The summed E-state index contributed by atoms with van der Waals surface area (Å²) in [6.07, 6.45) is -2.19. The Balaban J connectivity index is 2.61. The summed E-state index contributed by atoms with van der Waals surface area (Å²) in [4.78, 5) is 0. The van der Waals surface area contributed by atoms with Gasteiger partial charge in [0, 0.05) is 19.1 Å². The van der Waals surface area contributed by atoms with Gasteiger partial charge in [-0.1, -0.05) is 6.92 Å². The first-order chi connectivity index (χ1) is 8.74. The number of nitrogens with zero attached hydrogens (tertiary/aromatic N) is 1. The molecule has 1 aliphatic heterocycles. The lowest BCUT2D eigenvalue weighted by atomic mass is 10.2. The van der Waals surface area contributed by atoms with Gasteiger partial charge in [-0.05, 0) is 25.8 Å². The van der Waals surface area contributed by atoms with Gasteiger partial charge in [0.2, 0.25) is 0 Å². The van der Waals surface area contributed by atoms with Crippen LogP contribution in [0.25, 0.3) is 0 Å². The van der Waals surface area contributed by atoms with Crippen LogP contribution >= 0.6 is 0 Å². The standard InChI is InChI=1S/C10H20F3N3O2S/c1-2-6-16(7-9-4-3-5-14-9)19(17,18)15-8-10(11,12)13/h9,14-15H,2-8H2,1H3. The molecule has 0 aromatic carbocycles. The third kappa shape index (κ3) is 6.07. The molecule has 0 aromatic heterocycles. The largest absolute Gasteiger partial charge is 0.402 e. The van der Waals surface area contributed by atoms with Gasteiger partial charge >= 0.3 is 6.18 Å². The number of alkyl halides is 3. The quantitative estimate of drug-likeness (QED) is 0.733. The molecule has 0 saturated carbocycles. The van der Waals surface area contributed by atoms with E-state index in [1.54, 1.807) is 11.6 Å². The Morgan fingerprint density at radius 3 is 2.58 bits per heavy atom. The minimum atomic E-state index is -4.55. The minimum absolute atomic E-state index is 0.0222.